The molecule has 1 fully saturated rings. The number of carbonyl (C=O) groups is 2. The van der Waals surface area contributed by atoms with Gasteiger partial charge in [-0.25, -0.2) is 4.98 Å². The van der Waals surface area contributed by atoms with Crippen molar-refractivity contribution >= 4 is 33.4 Å². The summed E-state index contributed by atoms with van der Waals surface area (Å²) < 4.78 is 1.59. The van der Waals surface area contributed by atoms with Crippen molar-refractivity contribution < 1.29 is 9.59 Å². The summed E-state index contributed by atoms with van der Waals surface area (Å²) in [6, 6.07) is 7.81. The molecule has 0 bridgehead atoms. The van der Waals surface area contributed by atoms with Crippen molar-refractivity contribution in [3.8, 4) is 0 Å². The van der Waals surface area contributed by atoms with Crippen molar-refractivity contribution in [3.63, 3.8) is 0 Å². The summed E-state index contributed by atoms with van der Waals surface area (Å²) in [5.74, 6) is 0.452. The second-order valence-corrected chi connectivity index (χ2v) is 10.9. The molecule has 5 rings (SSSR count). The van der Waals surface area contributed by atoms with Gasteiger partial charge in [-0.3, -0.25) is 19.0 Å². The molecule has 1 aliphatic carbocycles. The smallest absolute Gasteiger partial charge is 0.262 e. The molecule has 1 saturated heterocycles. The van der Waals surface area contributed by atoms with Gasteiger partial charge in [-0.05, 0) is 54.9 Å². The second kappa shape index (κ2) is 9.93. The minimum Gasteiger partial charge on any atom is -0.339 e. The van der Waals surface area contributed by atoms with Gasteiger partial charge in [0.2, 0.25) is 5.91 Å². The molecular formula is C27H32N4O3S. The molecule has 0 atom stereocenters. The minimum atomic E-state index is -0.0268. The number of rotatable bonds is 5. The van der Waals surface area contributed by atoms with Crippen LogP contribution in [0.15, 0.2) is 35.4 Å². The van der Waals surface area contributed by atoms with Crippen LogP contribution in [-0.2, 0) is 24.2 Å². The zero-order valence-corrected chi connectivity index (χ0v) is 21.3. The quantitative estimate of drug-likeness (QED) is 0.542. The number of benzene rings is 1. The van der Waals surface area contributed by atoms with Crippen LogP contribution in [0, 0.1) is 0 Å². The first-order valence-corrected chi connectivity index (χ1v) is 13.4. The van der Waals surface area contributed by atoms with Gasteiger partial charge < -0.3 is 9.80 Å². The number of nitrogens with zero attached hydrogens (tertiary/aromatic N) is 4. The molecule has 0 spiro atoms. The zero-order chi connectivity index (χ0) is 24.5. The lowest BCUT2D eigenvalue weighted by molar-refractivity contribution is -0.132. The molecule has 0 N–H and O–H groups in total. The number of amides is 2. The Balaban J connectivity index is 1.17. The van der Waals surface area contributed by atoms with Gasteiger partial charge in [-0.1, -0.05) is 26.0 Å². The van der Waals surface area contributed by atoms with Crippen LogP contribution in [-0.4, -0.2) is 57.3 Å². The number of thiophene rings is 1. The van der Waals surface area contributed by atoms with Crippen LogP contribution < -0.4 is 5.56 Å². The van der Waals surface area contributed by atoms with Crippen LogP contribution in [0.25, 0.3) is 10.2 Å². The van der Waals surface area contributed by atoms with E-state index in [0.29, 0.717) is 44.2 Å². The summed E-state index contributed by atoms with van der Waals surface area (Å²) >= 11 is 1.64. The van der Waals surface area contributed by atoms with E-state index >= 15 is 0 Å². The molecule has 1 aliphatic heterocycles. The largest absolute Gasteiger partial charge is 0.339 e. The molecule has 0 saturated carbocycles. The summed E-state index contributed by atoms with van der Waals surface area (Å²) in [4.78, 5) is 49.1. The van der Waals surface area contributed by atoms with Crippen LogP contribution >= 0.6 is 11.3 Å². The standard InChI is InChI=1S/C27H32N4O3S/c1-18(2)19-7-9-20(10-8-19)26(33)30-15-13-29(14-16-30)23(32)11-12-31-17-28-25-24(27(31)34)21-5-3-4-6-22(21)35-25/h7-10,17-18H,3-6,11-16H2,1-2H3. The van der Waals surface area contributed by atoms with E-state index in [1.165, 1.54) is 22.4 Å². The SMILES string of the molecule is CC(C)c1ccc(C(=O)N2CCN(C(=O)CCn3cnc4sc5c(c4c3=O)CCCC5)CC2)cc1. The van der Waals surface area contributed by atoms with E-state index in [9.17, 15) is 14.4 Å². The van der Waals surface area contributed by atoms with E-state index < -0.39 is 0 Å². The van der Waals surface area contributed by atoms with Crippen LogP contribution in [0.5, 0.6) is 0 Å². The topological polar surface area (TPSA) is 75.5 Å². The highest BCUT2D eigenvalue weighted by atomic mass is 32.1. The van der Waals surface area contributed by atoms with Crippen molar-refractivity contribution in [3.05, 3.63) is 62.5 Å². The Hall–Kier alpha value is -3.00. The number of aromatic nitrogens is 2. The fraction of sp³-hybridized carbons (Fsp3) is 0.481. The maximum Gasteiger partial charge on any atom is 0.262 e. The molecule has 3 aromatic rings. The van der Waals surface area contributed by atoms with Crippen LogP contribution in [0.3, 0.4) is 0 Å². The maximum absolute atomic E-state index is 13.1. The highest BCUT2D eigenvalue weighted by molar-refractivity contribution is 7.18. The van der Waals surface area contributed by atoms with E-state index in [0.717, 1.165) is 29.5 Å². The maximum atomic E-state index is 13.1. The van der Waals surface area contributed by atoms with E-state index in [-0.39, 0.29) is 23.8 Å². The first-order valence-electron chi connectivity index (χ1n) is 12.6. The molecule has 184 valence electrons. The zero-order valence-electron chi connectivity index (χ0n) is 20.5. The van der Waals surface area contributed by atoms with Crippen molar-refractivity contribution in [1.29, 1.82) is 0 Å². The van der Waals surface area contributed by atoms with Crippen molar-refractivity contribution in [1.82, 2.24) is 19.4 Å². The fourth-order valence-electron chi connectivity index (χ4n) is 5.07. The molecule has 8 heteroatoms. The summed E-state index contributed by atoms with van der Waals surface area (Å²) in [6.07, 6.45) is 6.10. The van der Waals surface area contributed by atoms with E-state index in [4.69, 9.17) is 0 Å². The Bertz CT molecular complexity index is 1300. The van der Waals surface area contributed by atoms with Gasteiger partial charge in [-0.15, -0.1) is 11.3 Å². The highest BCUT2D eigenvalue weighted by Gasteiger charge is 2.25. The van der Waals surface area contributed by atoms with Crippen molar-refractivity contribution in [2.24, 2.45) is 0 Å². The van der Waals surface area contributed by atoms with Gasteiger partial charge in [0, 0.05) is 49.6 Å². The van der Waals surface area contributed by atoms with Crippen molar-refractivity contribution in [2.75, 3.05) is 26.2 Å². The number of carbonyl (C=O) groups excluding carboxylic acids is 2. The van der Waals surface area contributed by atoms with E-state index in [1.54, 1.807) is 27.1 Å². The van der Waals surface area contributed by atoms with E-state index in [1.807, 2.05) is 29.2 Å². The first-order chi connectivity index (χ1) is 16.9. The normalized spacial score (nSPS) is 16.1. The lowest BCUT2D eigenvalue weighted by Gasteiger charge is -2.35. The van der Waals surface area contributed by atoms with Gasteiger partial charge in [0.25, 0.3) is 11.5 Å². The monoisotopic (exact) mass is 492 g/mol. The van der Waals surface area contributed by atoms with E-state index in [2.05, 4.69) is 18.8 Å². The Labute approximate surface area is 209 Å². The third-order valence-electron chi connectivity index (χ3n) is 7.25. The third kappa shape index (κ3) is 4.76. The third-order valence-corrected chi connectivity index (χ3v) is 8.45. The molecule has 0 radical (unpaired) electrons. The summed E-state index contributed by atoms with van der Waals surface area (Å²) in [5.41, 5.74) is 3.05. The molecule has 7 nitrogen and oxygen atoms in total. The number of hydrogen-bond donors (Lipinski definition) is 0. The number of piperazine rings is 1. The average molecular weight is 493 g/mol. The predicted molar refractivity (Wildman–Crippen MR) is 138 cm³/mol. The fourth-order valence-corrected chi connectivity index (χ4v) is 6.29. The van der Waals surface area contributed by atoms with Gasteiger partial charge in [0.05, 0.1) is 11.7 Å². The molecule has 1 aromatic carbocycles. The summed E-state index contributed by atoms with van der Waals surface area (Å²) in [5, 5.41) is 0.758. The molecule has 35 heavy (non-hydrogen) atoms. The van der Waals surface area contributed by atoms with Gasteiger partial charge in [0.15, 0.2) is 0 Å². The number of hydrogen-bond acceptors (Lipinski definition) is 5. The lowest BCUT2D eigenvalue weighted by Crippen LogP contribution is -2.50. The van der Waals surface area contributed by atoms with Crippen LogP contribution in [0.2, 0.25) is 0 Å². The van der Waals surface area contributed by atoms with Gasteiger partial charge >= 0.3 is 0 Å². The molecule has 2 aliphatic rings. The van der Waals surface area contributed by atoms with Crippen molar-refractivity contribution in [2.45, 2.75) is 58.4 Å². The average Bonchev–Trinajstić information content (AvgIpc) is 3.27. The molecule has 2 amide bonds. The summed E-state index contributed by atoms with van der Waals surface area (Å²) in [7, 11) is 0. The Kier molecular flexibility index (Phi) is 6.73. The molecule has 0 unspecified atom stereocenters. The van der Waals surface area contributed by atoms with Gasteiger partial charge in [-0.2, -0.15) is 0 Å². The molecule has 3 heterocycles. The molecule has 2 aromatic heterocycles. The lowest BCUT2D eigenvalue weighted by atomic mass is 9.97. The van der Waals surface area contributed by atoms with Crippen LogP contribution in [0.4, 0.5) is 0 Å². The second-order valence-electron chi connectivity index (χ2n) is 9.83. The Morgan fingerprint density at radius 1 is 1.00 bits per heavy atom. The first kappa shape index (κ1) is 23.7. The Morgan fingerprint density at radius 3 is 2.40 bits per heavy atom. The summed E-state index contributed by atoms with van der Waals surface area (Å²) in [6.45, 7) is 6.65. The number of aryl methyl sites for hydroxylation is 3. The highest BCUT2D eigenvalue weighted by Crippen LogP contribution is 2.33. The number of fused-ring (bicyclic) bond motifs is 3. The minimum absolute atomic E-state index is 0.0115. The van der Waals surface area contributed by atoms with Crippen LogP contribution in [0.1, 0.15) is 65.4 Å². The predicted octanol–water partition coefficient (Wildman–Crippen LogP) is 3.83. The van der Waals surface area contributed by atoms with Gasteiger partial charge in [0.1, 0.15) is 4.83 Å². The molecular weight excluding hydrogens is 460 g/mol. The Morgan fingerprint density at radius 2 is 1.69 bits per heavy atom.